The van der Waals surface area contributed by atoms with Gasteiger partial charge in [-0.15, -0.1) is 0 Å². The van der Waals surface area contributed by atoms with Gasteiger partial charge < -0.3 is 0 Å². The van der Waals surface area contributed by atoms with Gasteiger partial charge >= 0.3 is 0 Å². The zero-order valence-corrected chi connectivity index (χ0v) is 13.7. The summed E-state index contributed by atoms with van der Waals surface area (Å²) in [5.41, 5.74) is 3.23. The van der Waals surface area contributed by atoms with Crippen molar-refractivity contribution in [2.45, 2.75) is 43.9 Å². The van der Waals surface area contributed by atoms with Gasteiger partial charge in [0.2, 0.25) is 0 Å². The Labute approximate surface area is 130 Å². The maximum atomic E-state index is 12.8. The number of halogens is 1. The molecular formula is C16H18ClNO2S. The van der Waals surface area contributed by atoms with E-state index in [1.165, 1.54) is 21.2 Å². The molecule has 3 nitrogen and oxygen atoms in total. The van der Waals surface area contributed by atoms with E-state index in [4.69, 9.17) is 11.6 Å². The van der Waals surface area contributed by atoms with Crippen LogP contribution in [0.1, 0.15) is 42.5 Å². The van der Waals surface area contributed by atoms with Gasteiger partial charge in [0.05, 0.1) is 4.90 Å². The number of benzene rings is 1. The van der Waals surface area contributed by atoms with Crippen molar-refractivity contribution in [3.05, 3.63) is 52.3 Å². The van der Waals surface area contributed by atoms with Crippen molar-refractivity contribution >= 4 is 21.6 Å². The van der Waals surface area contributed by atoms with Gasteiger partial charge in [0.15, 0.2) is 0 Å². The molecule has 1 heterocycles. The summed E-state index contributed by atoms with van der Waals surface area (Å²) >= 11 is 5.92. The van der Waals surface area contributed by atoms with Gasteiger partial charge in [-0.1, -0.05) is 24.6 Å². The van der Waals surface area contributed by atoms with E-state index in [-0.39, 0.29) is 4.90 Å². The summed E-state index contributed by atoms with van der Waals surface area (Å²) in [5.74, 6) is 0.481. The fraction of sp³-hybridized carbons (Fsp3) is 0.375. The van der Waals surface area contributed by atoms with Crippen molar-refractivity contribution in [3.8, 4) is 0 Å². The molecule has 1 aromatic heterocycles. The molecule has 0 spiro atoms. The van der Waals surface area contributed by atoms with Gasteiger partial charge in [0, 0.05) is 16.9 Å². The van der Waals surface area contributed by atoms with Crippen LogP contribution in [-0.2, 0) is 16.4 Å². The van der Waals surface area contributed by atoms with Crippen LogP contribution in [0.25, 0.3) is 0 Å². The Hall–Kier alpha value is -1.26. The zero-order valence-electron chi connectivity index (χ0n) is 12.1. The molecule has 0 saturated carbocycles. The highest BCUT2D eigenvalue weighted by atomic mass is 35.5. The number of hydrogen-bond acceptors (Lipinski definition) is 2. The molecule has 5 heteroatoms. The van der Waals surface area contributed by atoms with Crippen LogP contribution in [0.3, 0.4) is 0 Å². The van der Waals surface area contributed by atoms with Crippen molar-refractivity contribution in [2.75, 3.05) is 0 Å². The molecule has 0 saturated heterocycles. The van der Waals surface area contributed by atoms with E-state index in [0.29, 0.717) is 10.9 Å². The third-order valence-corrected chi connectivity index (χ3v) is 6.38. The van der Waals surface area contributed by atoms with Gasteiger partial charge in [-0.25, -0.2) is 12.4 Å². The molecule has 1 unspecified atom stereocenters. The molecule has 0 radical (unpaired) electrons. The summed E-state index contributed by atoms with van der Waals surface area (Å²) in [6.07, 6.45) is 4.95. The highest BCUT2D eigenvalue weighted by Crippen LogP contribution is 2.39. The summed E-state index contributed by atoms with van der Waals surface area (Å²) in [6.45, 7) is 4.04. The Bertz CT molecular complexity index is 793. The molecule has 0 N–H and O–H groups in total. The Kier molecular flexibility index (Phi) is 3.62. The van der Waals surface area contributed by atoms with Crippen molar-refractivity contribution in [2.24, 2.45) is 0 Å². The average Bonchev–Trinajstić information content (AvgIpc) is 2.99. The molecule has 3 rings (SSSR count). The standard InChI is InChI=1S/C16H18ClNO2S/c1-3-12-7-8-15-11(2)18(10-16(12)15)21(19,20)14-6-4-5-13(17)9-14/h4-6,9-10,12H,3,7-8H2,1-2H3. The molecule has 1 aliphatic carbocycles. The Balaban J connectivity index is 2.13. The lowest BCUT2D eigenvalue weighted by molar-refractivity contribution is 0.584. The van der Waals surface area contributed by atoms with Gasteiger partial charge in [-0.2, -0.15) is 0 Å². The lowest BCUT2D eigenvalue weighted by Gasteiger charge is -2.10. The lowest BCUT2D eigenvalue weighted by Crippen LogP contribution is -2.14. The minimum atomic E-state index is -3.57. The second-order valence-corrected chi connectivity index (χ2v) is 7.80. The first-order valence-corrected chi connectivity index (χ1v) is 8.98. The zero-order chi connectivity index (χ0) is 15.2. The van der Waals surface area contributed by atoms with E-state index in [9.17, 15) is 8.42 Å². The van der Waals surface area contributed by atoms with Crippen LogP contribution in [0.15, 0.2) is 35.4 Å². The summed E-state index contributed by atoms with van der Waals surface area (Å²) in [6, 6.07) is 6.43. The first-order valence-electron chi connectivity index (χ1n) is 7.17. The molecule has 0 bridgehead atoms. The number of nitrogens with zero attached hydrogens (tertiary/aromatic N) is 1. The average molecular weight is 324 g/mol. The fourth-order valence-corrected chi connectivity index (χ4v) is 4.94. The predicted molar refractivity (Wildman–Crippen MR) is 84.6 cm³/mol. The Morgan fingerprint density at radius 3 is 2.81 bits per heavy atom. The molecular weight excluding hydrogens is 306 g/mol. The van der Waals surface area contributed by atoms with Gasteiger partial charge in [-0.05, 0) is 61.4 Å². The van der Waals surface area contributed by atoms with Gasteiger partial charge in [0.1, 0.15) is 0 Å². The maximum absolute atomic E-state index is 12.8. The van der Waals surface area contributed by atoms with Crippen LogP contribution in [0.2, 0.25) is 5.02 Å². The van der Waals surface area contributed by atoms with Crippen molar-refractivity contribution in [3.63, 3.8) is 0 Å². The van der Waals surface area contributed by atoms with Crippen LogP contribution in [0, 0.1) is 6.92 Å². The third kappa shape index (κ3) is 2.30. The molecule has 21 heavy (non-hydrogen) atoms. The van der Waals surface area contributed by atoms with Crippen LogP contribution >= 0.6 is 11.6 Å². The highest BCUT2D eigenvalue weighted by molar-refractivity contribution is 7.90. The first kappa shape index (κ1) is 14.7. The lowest BCUT2D eigenvalue weighted by atomic mass is 10.0. The third-order valence-electron chi connectivity index (χ3n) is 4.40. The highest BCUT2D eigenvalue weighted by Gasteiger charge is 2.29. The summed E-state index contributed by atoms with van der Waals surface area (Å²) in [5, 5.41) is 0.430. The van der Waals surface area contributed by atoms with Gasteiger partial charge in [0.25, 0.3) is 10.0 Å². The normalized spacial score (nSPS) is 18.0. The van der Waals surface area contributed by atoms with Crippen LogP contribution in [0.5, 0.6) is 0 Å². The summed E-state index contributed by atoms with van der Waals surface area (Å²) < 4.78 is 27.0. The molecule has 1 atom stereocenters. The monoisotopic (exact) mass is 323 g/mol. The van der Waals surface area contributed by atoms with Gasteiger partial charge in [-0.3, -0.25) is 0 Å². The fourth-order valence-electron chi connectivity index (χ4n) is 3.21. The number of hydrogen-bond donors (Lipinski definition) is 0. The molecule has 2 aromatic rings. The SMILES string of the molecule is CCC1CCc2c1cn(S(=O)(=O)c1cccc(Cl)c1)c2C. The van der Waals surface area contributed by atoms with Crippen molar-refractivity contribution in [1.29, 1.82) is 0 Å². The largest absolute Gasteiger partial charge is 0.267 e. The van der Waals surface area contributed by atoms with Crippen molar-refractivity contribution < 1.29 is 8.42 Å². The molecule has 0 amide bonds. The topological polar surface area (TPSA) is 39.1 Å². The molecule has 112 valence electrons. The Morgan fingerprint density at radius 1 is 1.38 bits per heavy atom. The number of fused-ring (bicyclic) bond motifs is 1. The number of aromatic nitrogens is 1. The summed E-state index contributed by atoms with van der Waals surface area (Å²) in [4.78, 5) is 0.236. The minimum absolute atomic E-state index is 0.236. The molecule has 1 aromatic carbocycles. The Morgan fingerprint density at radius 2 is 2.14 bits per heavy atom. The first-order chi connectivity index (χ1) is 9.95. The van der Waals surface area contributed by atoms with E-state index in [0.717, 1.165) is 25.0 Å². The summed E-state index contributed by atoms with van der Waals surface area (Å²) in [7, 11) is -3.57. The predicted octanol–water partition coefficient (Wildman–Crippen LogP) is 4.13. The van der Waals surface area contributed by atoms with E-state index >= 15 is 0 Å². The number of rotatable bonds is 3. The minimum Gasteiger partial charge on any atom is -0.246 e. The van der Waals surface area contributed by atoms with E-state index < -0.39 is 10.0 Å². The van der Waals surface area contributed by atoms with E-state index in [1.54, 1.807) is 18.2 Å². The second-order valence-electron chi connectivity index (χ2n) is 5.55. The van der Waals surface area contributed by atoms with Crippen LogP contribution in [-0.4, -0.2) is 12.4 Å². The van der Waals surface area contributed by atoms with Crippen molar-refractivity contribution in [1.82, 2.24) is 3.97 Å². The smallest absolute Gasteiger partial charge is 0.246 e. The quantitative estimate of drug-likeness (QED) is 0.852. The second kappa shape index (κ2) is 5.18. The van der Waals surface area contributed by atoms with E-state index in [2.05, 4.69) is 6.92 Å². The van der Waals surface area contributed by atoms with E-state index in [1.807, 2.05) is 13.1 Å². The maximum Gasteiger partial charge on any atom is 0.267 e. The molecule has 0 fully saturated rings. The van der Waals surface area contributed by atoms with Crippen LogP contribution < -0.4 is 0 Å². The van der Waals surface area contributed by atoms with Crippen LogP contribution in [0.4, 0.5) is 0 Å². The molecule has 1 aliphatic rings. The molecule has 0 aliphatic heterocycles.